The van der Waals surface area contributed by atoms with Crippen LogP contribution in [0.2, 0.25) is 0 Å². The van der Waals surface area contributed by atoms with Crippen LogP contribution in [0.15, 0.2) is 36.4 Å². The third-order valence-corrected chi connectivity index (χ3v) is 2.08. The molecular formula is C12H12N2O. The van der Waals surface area contributed by atoms with Crippen LogP contribution in [0, 0.1) is 13.8 Å². The average Bonchev–Trinajstić information content (AvgIpc) is 2.25. The van der Waals surface area contributed by atoms with Crippen molar-refractivity contribution in [2.75, 3.05) is 0 Å². The van der Waals surface area contributed by atoms with E-state index in [0.717, 1.165) is 17.0 Å². The van der Waals surface area contributed by atoms with Gasteiger partial charge in [-0.3, -0.25) is 0 Å². The molecule has 0 aliphatic carbocycles. The zero-order chi connectivity index (χ0) is 10.7. The molecule has 0 saturated carbocycles. The van der Waals surface area contributed by atoms with Gasteiger partial charge < -0.3 is 4.74 Å². The van der Waals surface area contributed by atoms with Crippen molar-refractivity contribution in [1.82, 2.24) is 10.2 Å². The fourth-order valence-electron chi connectivity index (χ4n) is 1.22. The Hall–Kier alpha value is -1.90. The second-order valence-corrected chi connectivity index (χ2v) is 3.38. The molecule has 2 rings (SSSR count). The number of aryl methyl sites for hydroxylation is 2. The van der Waals surface area contributed by atoms with Crippen molar-refractivity contribution in [2.45, 2.75) is 13.8 Å². The summed E-state index contributed by atoms with van der Waals surface area (Å²) < 4.78 is 5.59. The lowest BCUT2D eigenvalue weighted by molar-refractivity contribution is 0.451. The number of nitrogens with zero attached hydrogens (tertiary/aromatic N) is 2. The summed E-state index contributed by atoms with van der Waals surface area (Å²) in [5.74, 6) is 1.34. The Kier molecular flexibility index (Phi) is 2.63. The average molecular weight is 200 g/mol. The first kappa shape index (κ1) is 9.65. The minimum Gasteiger partial charge on any atom is -0.437 e. The summed E-state index contributed by atoms with van der Waals surface area (Å²) in [4.78, 5) is 0. The van der Waals surface area contributed by atoms with E-state index in [9.17, 15) is 0 Å². The lowest BCUT2D eigenvalue weighted by Gasteiger charge is -2.06. The highest BCUT2D eigenvalue weighted by atomic mass is 16.5. The second-order valence-electron chi connectivity index (χ2n) is 3.38. The van der Waals surface area contributed by atoms with Crippen molar-refractivity contribution in [1.29, 1.82) is 0 Å². The normalized spacial score (nSPS) is 10.0. The number of rotatable bonds is 2. The molecule has 0 unspecified atom stereocenters. The van der Waals surface area contributed by atoms with E-state index in [1.165, 1.54) is 0 Å². The quantitative estimate of drug-likeness (QED) is 0.747. The predicted molar refractivity (Wildman–Crippen MR) is 58.0 cm³/mol. The number of hydrogen-bond donors (Lipinski definition) is 0. The maximum Gasteiger partial charge on any atom is 0.238 e. The Balaban J connectivity index is 2.22. The standard InChI is InChI=1S/C12H12N2O/c1-9-5-3-4-6-11(9)15-12-8-7-10(2)13-14-12/h3-8H,1-2H3. The number of hydrogen-bond acceptors (Lipinski definition) is 3. The van der Waals surface area contributed by atoms with Gasteiger partial charge in [0.1, 0.15) is 5.75 Å². The van der Waals surface area contributed by atoms with Crippen LogP contribution in [-0.2, 0) is 0 Å². The molecule has 0 N–H and O–H groups in total. The van der Waals surface area contributed by atoms with Crippen molar-refractivity contribution in [3.05, 3.63) is 47.7 Å². The Labute approximate surface area is 88.7 Å². The van der Waals surface area contributed by atoms with Crippen LogP contribution in [-0.4, -0.2) is 10.2 Å². The van der Waals surface area contributed by atoms with Gasteiger partial charge in [-0.25, -0.2) is 0 Å². The summed E-state index contributed by atoms with van der Waals surface area (Å²) in [6.45, 7) is 3.89. The Morgan fingerprint density at radius 3 is 2.40 bits per heavy atom. The zero-order valence-electron chi connectivity index (χ0n) is 8.77. The summed E-state index contributed by atoms with van der Waals surface area (Å²) in [5, 5.41) is 7.87. The second kappa shape index (κ2) is 4.09. The minimum absolute atomic E-state index is 0.523. The van der Waals surface area contributed by atoms with E-state index in [0.29, 0.717) is 5.88 Å². The molecule has 1 aromatic heterocycles. The minimum atomic E-state index is 0.523. The van der Waals surface area contributed by atoms with Crippen LogP contribution >= 0.6 is 0 Å². The van der Waals surface area contributed by atoms with Gasteiger partial charge in [0.25, 0.3) is 0 Å². The Bertz CT molecular complexity index is 451. The van der Waals surface area contributed by atoms with Crippen molar-refractivity contribution >= 4 is 0 Å². The van der Waals surface area contributed by atoms with Gasteiger partial charge in [-0.15, -0.1) is 5.10 Å². The van der Waals surface area contributed by atoms with Crippen LogP contribution in [0.1, 0.15) is 11.3 Å². The van der Waals surface area contributed by atoms with E-state index in [-0.39, 0.29) is 0 Å². The maximum atomic E-state index is 5.59. The van der Waals surface area contributed by atoms with Crippen molar-refractivity contribution < 1.29 is 4.74 Å². The molecule has 0 atom stereocenters. The highest BCUT2D eigenvalue weighted by molar-refractivity contribution is 5.34. The topological polar surface area (TPSA) is 35.0 Å². The highest BCUT2D eigenvalue weighted by Gasteiger charge is 2.01. The molecule has 0 spiro atoms. The number of benzene rings is 1. The van der Waals surface area contributed by atoms with Gasteiger partial charge in [0.15, 0.2) is 0 Å². The van der Waals surface area contributed by atoms with E-state index in [2.05, 4.69) is 10.2 Å². The van der Waals surface area contributed by atoms with Crippen LogP contribution < -0.4 is 4.74 Å². The molecule has 76 valence electrons. The molecule has 0 aliphatic heterocycles. The molecule has 3 nitrogen and oxygen atoms in total. The van der Waals surface area contributed by atoms with Gasteiger partial charge in [0.2, 0.25) is 5.88 Å². The van der Waals surface area contributed by atoms with Crippen LogP contribution in [0.5, 0.6) is 11.6 Å². The number of para-hydroxylation sites is 1. The number of ether oxygens (including phenoxy) is 1. The third-order valence-electron chi connectivity index (χ3n) is 2.08. The highest BCUT2D eigenvalue weighted by Crippen LogP contribution is 2.22. The van der Waals surface area contributed by atoms with Crippen LogP contribution in [0.3, 0.4) is 0 Å². The number of aromatic nitrogens is 2. The molecule has 0 aliphatic rings. The largest absolute Gasteiger partial charge is 0.437 e. The molecule has 2 aromatic rings. The predicted octanol–water partition coefficient (Wildman–Crippen LogP) is 2.89. The first-order chi connectivity index (χ1) is 7.25. The Morgan fingerprint density at radius 1 is 0.933 bits per heavy atom. The van der Waals surface area contributed by atoms with Crippen LogP contribution in [0.4, 0.5) is 0 Å². The first-order valence-electron chi connectivity index (χ1n) is 4.79. The summed E-state index contributed by atoms with van der Waals surface area (Å²) >= 11 is 0. The van der Waals surface area contributed by atoms with Crippen LogP contribution in [0.25, 0.3) is 0 Å². The molecule has 0 radical (unpaired) electrons. The lowest BCUT2D eigenvalue weighted by Crippen LogP contribution is -1.92. The Morgan fingerprint density at radius 2 is 1.73 bits per heavy atom. The molecule has 0 amide bonds. The fraction of sp³-hybridized carbons (Fsp3) is 0.167. The van der Waals surface area contributed by atoms with E-state index in [1.54, 1.807) is 0 Å². The van der Waals surface area contributed by atoms with Crippen molar-refractivity contribution in [2.24, 2.45) is 0 Å². The van der Waals surface area contributed by atoms with Gasteiger partial charge in [-0.1, -0.05) is 18.2 Å². The zero-order valence-corrected chi connectivity index (χ0v) is 8.77. The maximum absolute atomic E-state index is 5.59. The van der Waals surface area contributed by atoms with Gasteiger partial charge in [0, 0.05) is 6.07 Å². The molecule has 0 bridgehead atoms. The van der Waals surface area contributed by atoms with Crippen molar-refractivity contribution in [3.63, 3.8) is 0 Å². The van der Waals surface area contributed by atoms with E-state index in [1.807, 2.05) is 50.2 Å². The molecule has 1 heterocycles. The van der Waals surface area contributed by atoms with Gasteiger partial charge in [0.05, 0.1) is 5.69 Å². The smallest absolute Gasteiger partial charge is 0.238 e. The molecule has 0 saturated heterocycles. The molecule has 0 fully saturated rings. The fourth-order valence-corrected chi connectivity index (χ4v) is 1.22. The molecule has 1 aromatic carbocycles. The van der Waals surface area contributed by atoms with Gasteiger partial charge in [-0.05, 0) is 31.5 Å². The van der Waals surface area contributed by atoms with E-state index < -0.39 is 0 Å². The third kappa shape index (κ3) is 2.31. The summed E-state index contributed by atoms with van der Waals surface area (Å²) in [7, 11) is 0. The van der Waals surface area contributed by atoms with Crippen molar-refractivity contribution in [3.8, 4) is 11.6 Å². The van der Waals surface area contributed by atoms with Gasteiger partial charge in [-0.2, -0.15) is 5.10 Å². The van der Waals surface area contributed by atoms with E-state index in [4.69, 9.17) is 4.74 Å². The molecule has 15 heavy (non-hydrogen) atoms. The monoisotopic (exact) mass is 200 g/mol. The molecule has 3 heteroatoms. The lowest BCUT2D eigenvalue weighted by atomic mass is 10.2. The molecular weight excluding hydrogens is 188 g/mol. The summed E-state index contributed by atoms with van der Waals surface area (Å²) in [5.41, 5.74) is 1.96. The van der Waals surface area contributed by atoms with Gasteiger partial charge >= 0.3 is 0 Å². The SMILES string of the molecule is Cc1ccc(Oc2ccccc2C)nn1. The summed E-state index contributed by atoms with van der Waals surface area (Å²) in [6, 6.07) is 11.5. The van der Waals surface area contributed by atoms with E-state index >= 15 is 0 Å². The first-order valence-corrected chi connectivity index (χ1v) is 4.79. The summed E-state index contributed by atoms with van der Waals surface area (Å²) in [6.07, 6.45) is 0.